The number of carbonyl (C=O) groups excluding carboxylic acids is 1. The van der Waals surface area contributed by atoms with Crippen molar-refractivity contribution in [3.8, 4) is 11.8 Å². The van der Waals surface area contributed by atoms with Gasteiger partial charge in [-0.25, -0.2) is 0 Å². The first-order valence-electron chi connectivity index (χ1n) is 7.51. The SMILES string of the molecule is CC(=O)c1ccc(C#N)c(NCCOc2c(C)cccc2C)c1. The molecule has 0 aromatic heterocycles. The van der Waals surface area contributed by atoms with Gasteiger partial charge in [-0.15, -0.1) is 0 Å². The highest BCUT2D eigenvalue weighted by atomic mass is 16.5. The first kappa shape index (κ1) is 16.6. The third kappa shape index (κ3) is 4.10. The Kier molecular flexibility index (Phi) is 5.37. The maximum Gasteiger partial charge on any atom is 0.159 e. The largest absolute Gasteiger partial charge is 0.491 e. The second-order valence-electron chi connectivity index (χ2n) is 5.42. The van der Waals surface area contributed by atoms with Gasteiger partial charge in [0.1, 0.15) is 18.4 Å². The first-order valence-corrected chi connectivity index (χ1v) is 7.51. The monoisotopic (exact) mass is 308 g/mol. The number of hydrogen-bond donors (Lipinski definition) is 1. The minimum absolute atomic E-state index is 0.0238. The summed E-state index contributed by atoms with van der Waals surface area (Å²) in [5.41, 5.74) is 3.96. The zero-order valence-corrected chi connectivity index (χ0v) is 13.6. The fourth-order valence-electron chi connectivity index (χ4n) is 2.37. The molecule has 2 aromatic rings. The number of rotatable bonds is 6. The maximum atomic E-state index is 11.5. The molecule has 2 aromatic carbocycles. The van der Waals surface area contributed by atoms with Gasteiger partial charge in [0.25, 0.3) is 0 Å². The highest BCUT2D eigenvalue weighted by Crippen LogP contribution is 2.22. The Labute approximate surface area is 136 Å². The van der Waals surface area contributed by atoms with Crippen LogP contribution in [0.25, 0.3) is 0 Å². The van der Waals surface area contributed by atoms with Gasteiger partial charge in [0, 0.05) is 12.1 Å². The molecular weight excluding hydrogens is 288 g/mol. The minimum atomic E-state index is -0.0238. The van der Waals surface area contributed by atoms with Crippen molar-refractivity contribution in [3.05, 3.63) is 58.7 Å². The molecule has 0 atom stereocenters. The van der Waals surface area contributed by atoms with Crippen LogP contribution in [0.2, 0.25) is 0 Å². The van der Waals surface area contributed by atoms with E-state index >= 15 is 0 Å². The van der Waals surface area contributed by atoms with E-state index in [4.69, 9.17) is 10.00 Å². The van der Waals surface area contributed by atoms with Gasteiger partial charge < -0.3 is 10.1 Å². The second-order valence-corrected chi connectivity index (χ2v) is 5.42. The number of nitriles is 1. The number of nitrogens with zero attached hydrogens (tertiary/aromatic N) is 1. The van der Waals surface area contributed by atoms with Crippen LogP contribution in [0.3, 0.4) is 0 Å². The summed E-state index contributed by atoms with van der Waals surface area (Å²) in [6.07, 6.45) is 0. The highest BCUT2D eigenvalue weighted by Gasteiger charge is 2.07. The van der Waals surface area contributed by atoms with Crippen molar-refractivity contribution in [3.63, 3.8) is 0 Å². The second kappa shape index (κ2) is 7.46. The molecule has 0 saturated heterocycles. The van der Waals surface area contributed by atoms with Gasteiger partial charge in [-0.05, 0) is 50.1 Å². The van der Waals surface area contributed by atoms with Crippen LogP contribution in [-0.4, -0.2) is 18.9 Å². The van der Waals surface area contributed by atoms with Gasteiger partial charge in [-0.3, -0.25) is 4.79 Å². The molecule has 2 rings (SSSR count). The Morgan fingerprint density at radius 3 is 2.52 bits per heavy atom. The van der Waals surface area contributed by atoms with Crippen molar-refractivity contribution < 1.29 is 9.53 Å². The Balaban J connectivity index is 2.00. The number of ether oxygens (including phenoxy) is 1. The number of aryl methyl sites for hydroxylation is 2. The third-order valence-corrected chi connectivity index (χ3v) is 3.62. The lowest BCUT2D eigenvalue weighted by atomic mass is 10.1. The molecule has 0 bridgehead atoms. The van der Waals surface area contributed by atoms with Crippen LogP contribution in [0, 0.1) is 25.2 Å². The summed E-state index contributed by atoms with van der Waals surface area (Å²) in [5, 5.41) is 12.3. The van der Waals surface area contributed by atoms with Crippen LogP contribution < -0.4 is 10.1 Å². The molecule has 118 valence electrons. The molecule has 0 saturated carbocycles. The number of carbonyl (C=O) groups is 1. The van der Waals surface area contributed by atoms with E-state index < -0.39 is 0 Å². The molecular formula is C19H20N2O2. The Hall–Kier alpha value is -2.80. The Morgan fingerprint density at radius 1 is 1.22 bits per heavy atom. The molecule has 23 heavy (non-hydrogen) atoms. The minimum Gasteiger partial charge on any atom is -0.491 e. The lowest BCUT2D eigenvalue weighted by Gasteiger charge is -2.13. The number of benzene rings is 2. The number of ketones is 1. The molecule has 0 unspecified atom stereocenters. The summed E-state index contributed by atoms with van der Waals surface area (Å²) >= 11 is 0. The average molecular weight is 308 g/mol. The van der Waals surface area contributed by atoms with Gasteiger partial charge in [0.15, 0.2) is 5.78 Å². The van der Waals surface area contributed by atoms with Gasteiger partial charge >= 0.3 is 0 Å². The van der Waals surface area contributed by atoms with Crippen LogP contribution in [0.1, 0.15) is 34.0 Å². The molecule has 0 fully saturated rings. The normalized spacial score (nSPS) is 10.0. The summed E-state index contributed by atoms with van der Waals surface area (Å²) < 4.78 is 5.83. The van der Waals surface area contributed by atoms with E-state index in [1.807, 2.05) is 32.0 Å². The number of anilines is 1. The molecule has 0 aliphatic rings. The molecule has 0 amide bonds. The van der Waals surface area contributed by atoms with Crippen LogP contribution in [0.4, 0.5) is 5.69 Å². The van der Waals surface area contributed by atoms with E-state index in [2.05, 4.69) is 11.4 Å². The Bertz CT molecular complexity index is 740. The third-order valence-electron chi connectivity index (χ3n) is 3.62. The fraction of sp³-hybridized carbons (Fsp3) is 0.263. The van der Waals surface area contributed by atoms with E-state index in [-0.39, 0.29) is 5.78 Å². The number of para-hydroxylation sites is 1. The predicted octanol–water partition coefficient (Wildman–Crippen LogP) is 3.87. The molecule has 0 aliphatic carbocycles. The quantitative estimate of drug-likeness (QED) is 0.650. The van der Waals surface area contributed by atoms with Gasteiger partial charge in [-0.1, -0.05) is 18.2 Å². The number of hydrogen-bond acceptors (Lipinski definition) is 4. The van der Waals surface area contributed by atoms with Crippen LogP contribution in [-0.2, 0) is 0 Å². The lowest BCUT2D eigenvalue weighted by molar-refractivity contribution is 0.101. The zero-order valence-electron chi connectivity index (χ0n) is 13.6. The smallest absolute Gasteiger partial charge is 0.159 e. The van der Waals surface area contributed by atoms with E-state index in [0.29, 0.717) is 30.0 Å². The topological polar surface area (TPSA) is 62.1 Å². The van der Waals surface area contributed by atoms with E-state index in [1.165, 1.54) is 6.92 Å². The summed E-state index contributed by atoms with van der Waals surface area (Å²) in [7, 11) is 0. The summed E-state index contributed by atoms with van der Waals surface area (Å²) in [5.74, 6) is 0.872. The zero-order chi connectivity index (χ0) is 16.8. The van der Waals surface area contributed by atoms with Crippen molar-refractivity contribution >= 4 is 11.5 Å². The van der Waals surface area contributed by atoms with Crippen molar-refractivity contribution in [1.29, 1.82) is 5.26 Å². The first-order chi connectivity index (χ1) is 11.0. The average Bonchev–Trinajstić information content (AvgIpc) is 2.53. The standard InChI is InChI=1S/C19H20N2O2/c1-13-5-4-6-14(2)19(13)23-10-9-21-18-11-16(15(3)22)7-8-17(18)12-20/h4-8,11,21H,9-10H2,1-3H3. The number of Topliss-reactive ketones (excluding diaryl/α,β-unsaturated/α-hetero) is 1. The van der Waals surface area contributed by atoms with Crippen molar-refractivity contribution in [1.82, 2.24) is 0 Å². The van der Waals surface area contributed by atoms with Crippen LogP contribution in [0.5, 0.6) is 5.75 Å². The van der Waals surface area contributed by atoms with Crippen LogP contribution >= 0.6 is 0 Å². The molecule has 0 aliphatic heterocycles. The molecule has 4 heteroatoms. The lowest BCUT2D eigenvalue weighted by Crippen LogP contribution is -2.13. The van der Waals surface area contributed by atoms with Crippen LogP contribution in [0.15, 0.2) is 36.4 Å². The molecule has 1 N–H and O–H groups in total. The summed E-state index contributed by atoms with van der Waals surface area (Å²) in [4.78, 5) is 11.5. The maximum absolute atomic E-state index is 11.5. The van der Waals surface area contributed by atoms with Gasteiger partial charge in [0.05, 0.1) is 11.3 Å². The van der Waals surface area contributed by atoms with E-state index in [9.17, 15) is 4.79 Å². The number of nitrogens with one attached hydrogen (secondary N) is 1. The van der Waals surface area contributed by atoms with Crippen molar-refractivity contribution in [2.24, 2.45) is 0 Å². The highest BCUT2D eigenvalue weighted by molar-refractivity contribution is 5.95. The van der Waals surface area contributed by atoms with Crippen molar-refractivity contribution in [2.75, 3.05) is 18.5 Å². The molecule has 0 radical (unpaired) electrons. The Morgan fingerprint density at radius 2 is 1.91 bits per heavy atom. The van der Waals surface area contributed by atoms with Gasteiger partial charge in [0.2, 0.25) is 0 Å². The van der Waals surface area contributed by atoms with Crippen molar-refractivity contribution in [2.45, 2.75) is 20.8 Å². The molecule has 0 heterocycles. The fourth-order valence-corrected chi connectivity index (χ4v) is 2.37. The molecule has 4 nitrogen and oxygen atoms in total. The van der Waals surface area contributed by atoms with Gasteiger partial charge in [-0.2, -0.15) is 5.26 Å². The summed E-state index contributed by atoms with van der Waals surface area (Å²) in [6, 6.07) is 13.2. The predicted molar refractivity (Wildman–Crippen MR) is 91.1 cm³/mol. The van der Waals surface area contributed by atoms with E-state index in [1.54, 1.807) is 18.2 Å². The molecule has 0 spiro atoms. The summed E-state index contributed by atoms with van der Waals surface area (Å²) in [6.45, 7) is 6.56. The van der Waals surface area contributed by atoms with E-state index in [0.717, 1.165) is 16.9 Å².